The van der Waals surface area contributed by atoms with Gasteiger partial charge in [0.05, 0.1) is 25.2 Å². The lowest BCUT2D eigenvalue weighted by atomic mass is 10.0. The molecule has 29 heavy (non-hydrogen) atoms. The highest BCUT2D eigenvalue weighted by atomic mass is 16.5. The van der Waals surface area contributed by atoms with E-state index in [1.807, 2.05) is 55.5 Å². The number of hydrogen-bond donors (Lipinski definition) is 0. The van der Waals surface area contributed by atoms with Crippen molar-refractivity contribution in [3.05, 3.63) is 64.5 Å². The maximum Gasteiger partial charge on any atom is 0.348 e. The van der Waals surface area contributed by atoms with Crippen molar-refractivity contribution in [3.63, 3.8) is 0 Å². The second-order valence-electron chi connectivity index (χ2n) is 7.74. The largest absolute Gasteiger partial charge is 0.492 e. The predicted molar refractivity (Wildman–Crippen MR) is 115 cm³/mol. The van der Waals surface area contributed by atoms with Crippen LogP contribution in [0.4, 0.5) is 0 Å². The van der Waals surface area contributed by atoms with E-state index >= 15 is 0 Å². The molecule has 4 rings (SSSR count). The Kier molecular flexibility index (Phi) is 5.97. The number of fused-ring (bicyclic) bond motifs is 1. The van der Waals surface area contributed by atoms with Crippen molar-refractivity contribution in [1.82, 2.24) is 4.90 Å². The highest BCUT2D eigenvalue weighted by molar-refractivity contribution is 5.92. The molecule has 1 fully saturated rings. The Balaban J connectivity index is 1.67. The predicted octanol–water partition coefficient (Wildman–Crippen LogP) is 4.12. The van der Waals surface area contributed by atoms with Crippen LogP contribution in [0.2, 0.25) is 0 Å². The molecule has 1 aliphatic heterocycles. The molecule has 2 aromatic carbocycles. The van der Waals surface area contributed by atoms with Crippen LogP contribution in [0.25, 0.3) is 22.1 Å². The Morgan fingerprint density at radius 2 is 1.83 bits per heavy atom. The highest BCUT2D eigenvalue weighted by Crippen LogP contribution is 2.35. The summed E-state index contributed by atoms with van der Waals surface area (Å²) in [6.07, 6.45) is 0. The molecule has 0 aliphatic carbocycles. The zero-order valence-corrected chi connectivity index (χ0v) is 17.0. The Morgan fingerprint density at radius 1 is 1.07 bits per heavy atom. The lowest BCUT2D eigenvalue weighted by Gasteiger charge is -2.29. The lowest BCUT2D eigenvalue weighted by molar-refractivity contribution is 0.0284. The lowest BCUT2D eigenvalue weighted by Crippen LogP contribution is -2.39. The van der Waals surface area contributed by atoms with Crippen LogP contribution in [0.3, 0.4) is 0 Å². The summed E-state index contributed by atoms with van der Waals surface area (Å²) in [6, 6.07) is 15.5. The van der Waals surface area contributed by atoms with Gasteiger partial charge < -0.3 is 13.9 Å². The van der Waals surface area contributed by atoms with Gasteiger partial charge in [0.25, 0.3) is 0 Å². The monoisotopic (exact) mass is 393 g/mol. The normalized spacial score (nSPS) is 16.1. The minimum Gasteiger partial charge on any atom is -0.492 e. The summed E-state index contributed by atoms with van der Waals surface area (Å²) in [6.45, 7) is 9.08. The van der Waals surface area contributed by atoms with Gasteiger partial charge in [-0.25, -0.2) is 4.79 Å². The van der Waals surface area contributed by atoms with Crippen LogP contribution in [-0.4, -0.2) is 44.4 Å². The van der Waals surface area contributed by atoms with Crippen LogP contribution < -0.4 is 10.4 Å². The van der Waals surface area contributed by atoms with Gasteiger partial charge in [-0.1, -0.05) is 49.4 Å². The molecule has 2 heterocycles. The first-order chi connectivity index (χ1) is 14.1. The van der Waals surface area contributed by atoms with Crippen LogP contribution in [0.1, 0.15) is 12.5 Å². The van der Waals surface area contributed by atoms with Crippen LogP contribution in [0.5, 0.6) is 5.75 Å². The van der Waals surface area contributed by atoms with E-state index < -0.39 is 0 Å². The van der Waals surface area contributed by atoms with E-state index in [1.165, 1.54) is 0 Å². The second-order valence-corrected chi connectivity index (χ2v) is 7.74. The molecule has 0 spiro atoms. The number of para-hydroxylation sites is 1. The molecule has 0 amide bonds. The fourth-order valence-electron chi connectivity index (χ4n) is 3.84. The van der Waals surface area contributed by atoms with Gasteiger partial charge in [-0.05, 0) is 24.1 Å². The molecule has 0 N–H and O–H groups in total. The van der Waals surface area contributed by atoms with Gasteiger partial charge in [-0.3, -0.25) is 4.90 Å². The fraction of sp³-hybridized carbons (Fsp3) is 0.375. The maximum absolute atomic E-state index is 12.9. The van der Waals surface area contributed by atoms with Crippen LogP contribution in [0.15, 0.2) is 57.7 Å². The molecular formula is C24H27NO4. The molecule has 1 unspecified atom stereocenters. The molecule has 0 radical (unpaired) electrons. The zero-order chi connectivity index (χ0) is 20.2. The van der Waals surface area contributed by atoms with Crippen molar-refractivity contribution in [2.45, 2.75) is 13.8 Å². The summed E-state index contributed by atoms with van der Waals surface area (Å²) >= 11 is 0. The Hall–Kier alpha value is -2.63. The van der Waals surface area contributed by atoms with Crippen molar-refractivity contribution in [1.29, 1.82) is 0 Å². The molecule has 152 valence electrons. The molecule has 3 aromatic rings. The number of morpholine rings is 1. The topological polar surface area (TPSA) is 51.9 Å². The number of hydrogen-bond acceptors (Lipinski definition) is 5. The third kappa shape index (κ3) is 4.36. The average Bonchev–Trinajstić information content (AvgIpc) is 2.74. The van der Waals surface area contributed by atoms with Crippen molar-refractivity contribution < 1.29 is 13.9 Å². The Morgan fingerprint density at radius 3 is 2.59 bits per heavy atom. The molecule has 0 bridgehead atoms. The van der Waals surface area contributed by atoms with E-state index in [1.54, 1.807) is 0 Å². The fourth-order valence-corrected chi connectivity index (χ4v) is 3.84. The first-order valence-electron chi connectivity index (χ1n) is 10.2. The Bertz CT molecular complexity index is 1020. The first kappa shape index (κ1) is 19.7. The first-order valence-corrected chi connectivity index (χ1v) is 10.2. The molecule has 5 nitrogen and oxygen atoms in total. The van der Waals surface area contributed by atoms with Gasteiger partial charge in [0.1, 0.15) is 16.9 Å². The summed E-state index contributed by atoms with van der Waals surface area (Å²) in [5.41, 5.74) is 2.44. The Labute approximate surface area is 170 Å². The van der Waals surface area contributed by atoms with Gasteiger partial charge in [0.2, 0.25) is 0 Å². The number of benzene rings is 2. The second kappa shape index (κ2) is 8.80. The van der Waals surface area contributed by atoms with E-state index in [9.17, 15) is 4.79 Å². The quantitative estimate of drug-likeness (QED) is 0.590. The zero-order valence-electron chi connectivity index (χ0n) is 17.0. The van der Waals surface area contributed by atoms with Crippen molar-refractivity contribution >= 4 is 11.0 Å². The third-order valence-corrected chi connectivity index (χ3v) is 5.33. The summed E-state index contributed by atoms with van der Waals surface area (Å²) in [4.78, 5) is 15.3. The molecule has 1 saturated heterocycles. The SMILES string of the molecule is Cc1cccc2c(OCC(C)CN3CCOCC3)c(-c3ccccc3)c(=O)oc12. The average molecular weight is 393 g/mol. The smallest absolute Gasteiger partial charge is 0.348 e. The van der Waals surface area contributed by atoms with Crippen molar-refractivity contribution in [2.75, 3.05) is 39.5 Å². The molecule has 1 aromatic heterocycles. The summed E-state index contributed by atoms with van der Waals surface area (Å²) < 4.78 is 17.4. The van der Waals surface area contributed by atoms with Crippen molar-refractivity contribution in [2.24, 2.45) is 5.92 Å². The van der Waals surface area contributed by atoms with Gasteiger partial charge in [-0.15, -0.1) is 0 Å². The van der Waals surface area contributed by atoms with E-state index in [4.69, 9.17) is 13.9 Å². The summed E-state index contributed by atoms with van der Waals surface area (Å²) in [7, 11) is 0. The van der Waals surface area contributed by atoms with Crippen molar-refractivity contribution in [3.8, 4) is 16.9 Å². The molecular weight excluding hydrogens is 366 g/mol. The van der Waals surface area contributed by atoms with E-state index in [0.717, 1.165) is 49.4 Å². The van der Waals surface area contributed by atoms with Crippen LogP contribution in [0, 0.1) is 12.8 Å². The van der Waals surface area contributed by atoms with Gasteiger partial charge >= 0.3 is 5.63 Å². The number of aryl methyl sites for hydroxylation is 1. The van der Waals surface area contributed by atoms with Gasteiger partial charge in [0, 0.05) is 25.6 Å². The van der Waals surface area contributed by atoms with Crippen LogP contribution >= 0.6 is 0 Å². The number of rotatable bonds is 6. The highest BCUT2D eigenvalue weighted by Gasteiger charge is 2.20. The van der Waals surface area contributed by atoms with E-state index in [2.05, 4.69) is 11.8 Å². The van der Waals surface area contributed by atoms with Crippen LogP contribution in [-0.2, 0) is 4.74 Å². The van der Waals surface area contributed by atoms with E-state index in [0.29, 0.717) is 29.4 Å². The molecule has 1 aliphatic rings. The standard InChI is InChI=1S/C24H27NO4/c1-17(15-25-11-13-27-14-12-25)16-28-23-20-10-6-7-18(2)22(20)29-24(26)21(23)19-8-4-3-5-9-19/h3-10,17H,11-16H2,1-2H3. The van der Waals surface area contributed by atoms with Gasteiger partial charge in [0.15, 0.2) is 0 Å². The number of ether oxygens (including phenoxy) is 2. The minimum absolute atomic E-state index is 0.323. The molecule has 5 heteroatoms. The summed E-state index contributed by atoms with van der Waals surface area (Å²) in [5, 5.41) is 0.835. The van der Waals surface area contributed by atoms with E-state index in [-0.39, 0.29) is 5.63 Å². The molecule has 0 saturated carbocycles. The molecule has 1 atom stereocenters. The minimum atomic E-state index is -0.367. The number of nitrogens with zero attached hydrogens (tertiary/aromatic N) is 1. The van der Waals surface area contributed by atoms with Gasteiger partial charge in [-0.2, -0.15) is 0 Å². The maximum atomic E-state index is 12.9. The third-order valence-electron chi connectivity index (χ3n) is 5.33. The summed E-state index contributed by atoms with van der Waals surface area (Å²) in [5.74, 6) is 0.934.